The van der Waals surface area contributed by atoms with E-state index in [0.717, 1.165) is 11.4 Å². The summed E-state index contributed by atoms with van der Waals surface area (Å²) in [6, 6.07) is 13.1. The number of benzene rings is 1. The number of para-hydroxylation sites is 1. The molecule has 116 valence electrons. The third-order valence-corrected chi connectivity index (χ3v) is 3.17. The third-order valence-electron chi connectivity index (χ3n) is 3.17. The maximum absolute atomic E-state index is 12.1. The molecule has 0 spiro atoms. The van der Waals surface area contributed by atoms with Crippen LogP contribution in [0.5, 0.6) is 5.75 Å². The molecule has 0 aliphatic rings. The number of amides is 1. The maximum Gasteiger partial charge on any atom is 0.261 e. The van der Waals surface area contributed by atoms with Crippen LogP contribution in [0.4, 0.5) is 5.82 Å². The van der Waals surface area contributed by atoms with Gasteiger partial charge in [0.2, 0.25) is 0 Å². The minimum atomic E-state index is -0.554. The number of ether oxygens (including phenoxy) is 1. The molecule has 0 radical (unpaired) electrons. The summed E-state index contributed by atoms with van der Waals surface area (Å²) in [6.45, 7) is 2.15. The predicted octanol–water partition coefficient (Wildman–Crippen LogP) is 2.23. The lowest BCUT2D eigenvalue weighted by Crippen LogP contribution is -2.36. The first-order valence-corrected chi connectivity index (χ1v) is 7.18. The molecule has 0 saturated heterocycles. The summed E-state index contributed by atoms with van der Waals surface area (Å²) in [5, 5.41) is 2.88. The van der Waals surface area contributed by atoms with Gasteiger partial charge in [-0.15, -0.1) is 0 Å². The minimum absolute atomic E-state index is 0.155. The number of carbonyl (C=O) groups is 1. The van der Waals surface area contributed by atoms with Crippen LogP contribution < -0.4 is 15.0 Å². The van der Waals surface area contributed by atoms with E-state index < -0.39 is 6.10 Å². The van der Waals surface area contributed by atoms with Gasteiger partial charge in [-0.3, -0.25) is 4.79 Å². The number of nitrogens with zero attached hydrogens (tertiary/aromatic N) is 2. The summed E-state index contributed by atoms with van der Waals surface area (Å²) >= 11 is 0. The number of hydrogen-bond donors (Lipinski definition) is 1. The summed E-state index contributed by atoms with van der Waals surface area (Å²) in [7, 11) is 3.85. The van der Waals surface area contributed by atoms with E-state index in [9.17, 15) is 4.79 Å². The highest BCUT2D eigenvalue weighted by atomic mass is 16.5. The van der Waals surface area contributed by atoms with E-state index in [4.69, 9.17) is 4.74 Å². The largest absolute Gasteiger partial charge is 0.481 e. The second-order valence-electron chi connectivity index (χ2n) is 5.17. The molecule has 0 aliphatic carbocycles. The van der Waals surface area contributed by atoms with Crippen molar-refractivity contribution in [1.82, 2.24) is 10.3 Å². The molecule has 1 N–H and O–H groups in total. The van der Waals surface area contributed by atoms with Gasteiger partial charge in [0.15, 0.2) is 6.10 Å². The molecule has 1 atom stereocenters. The Kier molecular flexibility index (Phi) is 5.36. The van der Waals surface area contributed by atoms with Gasteiger partial charge >= 0.3 is 0 Å². The third kappa shape index (κ3) is 4.22. The Labute approximate surface area is 130 Å². The molecule has 5 nitrogen and oxygen atoms in total. The predicted molar refractivity (Wildman–Crippen MR) is 86.9 cm³/mol. The fraction of sp³-hybridized carbons (Fsp3) is 0.294. The number of rotatable bonds is 6. The van der Waals surface area contributed by atoms with Crippen molar-refractivity contribution >= 4 is 11.7 Å². The van der Waals surface area contributed by atoms with Crippen molar-refractivity contribution in [1.29, 1.82) is 0 Å². The van der Waals surface area contributed by atoms with Crippen molar-refractivity contribution in [3.63, 3.8) is 0 Å². The second-order valence-corrected chi connectivity index (χ2v) is 5.17. The zero-order valence-corrected chi connectivity index (χ0v) is 13.1. The van der Waals surface area contributed by atoms with Gasteiger partial charge in [0.05, 0.1) is 0 Å². The van der Waals surface area contributed by atoms with Gasteiger partial charge in [-0.05, 0) is 25.1 Å². The van der Waals surface area contributed by atoms with Crippen LogP contribution >= 0.6 is 0 Å². The first kappa shape index (κ1) is 15.8. The number of aromatic nitrogens is 1. The standard InChI is InChI=1S/C17H21N3O2/c1-13(22-15-9-5-4-6-10-15)17(21)19-12-14-8-7-11-18-16(14)20(2)3/h4-11,13H,12H2,1-3H3,(H,19,21)/t13-/m1/s1. The Hall–Kier alpha value is -2.56. The first-order valence-electron chi connectivity index (χ1n) is 7.18. The summed E-state index contributed by atoms with van der Waals surface area (Å²) in [5.74, 6) is 1.37. The molecule has 0 fully saturated rings. The van der Waals surface area contributed by atoms with Gasteiger partial charge < -0.3 is 15.0 Å². The summed E-state index contributed by atoms with van der Waals surface area (Å²) in [6.07, 6.45) is 1.18. The first-order chi connectivity index (χ1) is 10.6. The highest BCUT2D eigenvalue weighted by Gasteiger charge is 2.15. The van der Waals surface area contributed by atoms with Crippen LogP contribution in [0.25, 0.3) is 0 Å². The second kappa shape index (κ2) is 7.45. The Morgan fingerprint density at radius 3 is 2.64 bits per heavy atom. The molecule has 0 aliphatic heterocycles. The molecular weight excluding hydrogens is 278 g/mol. The van der Waals surface area contributed by atoms with Crippen molar-refractivity contribution < 1.29 is 9.53 Å². The lowest BCUT2D eigenvalue weighted by molar-refractivity contribution is -0.127. The molecule has 0 bridgehead atoms. The molecule has 1 aromatic carbocycles. The van der Waals surface area contributed by atoms with Crippen LogP contribution in [0, 0.1) is 0 Å². The van der Waals surface area contributed by atoms with Crippen LogP contribution in [0.2, 0.25) is 0 Å². The average Bonchev–Trinajstić information content (AvgIpc) is 2.53. The van der Waals surface area contributed by atoms with Crippen molar-refractivity contribution in [2.75, 3.05) is 19.0 Å². The van der Waals surface area contributed by atoms with Gasteiger partial charge in [0, 0.05) is 32.4 Å². The van der Waals surface area contributed by atoms with Crippen molar-refractivity contribution in [3.8, 4) is 5.75 Å². The van der Waals surface area contributed by atoms with Gasteiger partial charge in [-0.1, -0.05) is 24.3 Å². The molecule has 0 saturated carbocycles. The van der Waals surface area contributed by atoms with Crippen LogP contribution in [0.3, 0.4) is 0 Å². The Balaban J connectivity index is 1.93. The van der Waals surface area contributed by atoms with Crippen LogP contribution in [0.1, 0.15) is 12.5 Å². The molecule has 0 unspecified atom stereocenters. The topological polar surface area (TPSA) is 54.5 Å². The molecule has 1 aromatic heterocycles. The van der Waals surface area contributed by atoms with E-state index in [1.807, 2.05) is 61.5 Å². The number of pyridine rings is 1. The van der Waals surface area contributed by atoms with Crippen molar-refractivity contribution in [3.05, 3.63) is 54.2 Å². The molecule has 22 heavy (non-hydrogen) atoms. The normalized spacial score (nSPS) is 11.6. The minimum Gasteiger partial charge on any atom is -0.481 e. The molecule has 1 heterocycles. The van der Waals surface area contributed by atoms with Crippen molar-refractivity contribution in [2.45, 2.75) is 19.6 Å². The van der Waals surface area contributed by atoms with E-state index >= 15 is 0 Å². The Bertz CT molecular complexity index is 614. The van der Waals surface area contributed by atoms with E-state index in [1.54, 1.807) is 13.1 Å². The number of carbonyl (C=O) groups excluding carboxylic acids is 1. The van der Waals surface area contributed by atoms with Crippen molar-refractivity contribution in [2.24, 2.45) is 0 Å². The monoisotopic (exact) mass is 299 g/mol. The zero-order chi connectivity index (χ0) is 15.9. The highest BCUT2D eigenvalue weighted by Crippen LogP contribution is 2.14. The summed E-state index contributed by atoms with van der Waals surface area (Å²) in [4.78, 5) is 18.4. The summed E-state index contributed by atoms with van der Waals surface area (Å²) < 4.78 is 5.60. The van der Waals surface area contributed by atoms with Gasteiger partial charge in [0.25, 0.3) is 5.91 Å². The fourth-order valence-electron chi connectivity index (χ4n) is 2.05. The van der Waals surface area contributed by atoms with Gasteiger partial charge in [0.1, 0.15) is 11.6 Å². The zero-order valence-electron chi connectivity index (χ0n) is 13.1. The number of nitrogens with one attached hydrogen (secondary N) is 1. The maximum atomic E-state index is 12.1. The highest BCUT2D eigenvalue weighted by molar-refractivity contribution is 5.80. The number of hydrogen-bond acceptors (Lipinski definition) is 4. The lowest BCUT2D eigenvalue weighted by atomic mass is 10.2. The van der Waals surface area contributed by atoms with Crippen LogP contribution in [-0.4, -0.2) is 31.1 Å². The quantitative estimate of drug-likeness (QED) is 0.888. The van der Waals surface area contributed by atoms with E-state index in [-0.39, 0.29) is 5.91 Å². The van der Waals surface area contributed by atoms with E-state index in [1.165, 1.54) is 0 Å². The molecular formula is C17H21N3O2. The molecule has 1 amide bonds. The fourth-order valence-corrected chi connectivity index (χ4v) is 2.05. The molecule has 5 heteroatoms. The van der Waals surface area contributed by atoms with Crippen LogP contribution in [0.15, 0.2) is 48.7 Å². The lowest BCUT2D eigenvalue weighted by Gasteiger charge is -2.18. The Morgan fingerprint density at radius 2 is 1.95 bits per heavy atom. The van der Waals surface area contributed by atoms with E-state index in [2.05, 4.69) is 10.3 Å². The average molecular weight is 299 g/mol. The molecule has 2 rings (SSSR count). The van der Waals surface area contributed by atoms with Gasteiger partial charge in [-0.25, -0.2) is 4.98 Å². The summed E-state index contributed by atoms with van der Waals surface area (Å²) in [5.41, 5.74) is 0.966. The van der Waals surface area contributed by atoms with Crippen LogP contribution in [-0.2, 0) is 11.3 Å². The molecule has 2 aromatic rings. The number of anilines is 1. The SMILES string of the molecule is C[C@@H](Oc1ccccc1)C(=O)NCc1cccnc1N(C)C. The smallest absolute Gasteiger partial charge is 0.261 e. The van der Waals surface area contributed by atoms with E-state index in [0.29, 0.717) is 12.3 Å². The Morgan fingerprint density at radius 1 is 1.23 bits per heavy atom. The van der Waals surface area contributed by atoms with Gasteiger partial charge in [-0.2, -0.15) is 0 Å².